The molecule has 0 saturated heterocycles. The molecule has 0 atom stereocenters. The molecule has 0 fully saturated rings. The van der Waals surface area contributed by atoms with Crippen LogP contribution < -0.4 is 4.74 Å². The van der Waals surface area contributed by atoms with E-state index in [1.807, 2.05) is 25.1 Å². The molecule has 0 amide bonds. The van der Waals surface area contributed by atoms with Crippen molar-refractivity contribution in [3.05, 3.63) is 82.4 Å². The second kappa shape index (κ2) is 10.5. The second-order valence-electron chi connectivity index (χ2n) is 7.71. The van der Waals surface area contributed by atoms with Gasteiger partial charge in [-0.25, -0.2) is 4.79 Å². The summed E-state index contributed by atoms with van der Waals surface area (Å²) in [4.78, 5) is 23.0. The van der Waals surface area contributed by atoms with E-state index < -0.39 is 29.0 Å². The summed E-state index contributed by atoms with van der Waals surface area (Å²) >= 11 is 0. The molecule has 0 aromatic heterocycles. The Morgan fingerprint density at radius 3 is 2.23 bits per heavy atom. The van der Waals surface area contributed by atoms with Crippen LogP contribution in [0.2, 0.25) is 0 Å². The van der Waals surface area contributed by atoms with Crippen LogP contribution >= 0.6 is 0 Å². The number of aromatic carboxylic acids is 1. The lowest BCUT2D eigenvalue weighted by atomic mass is 9.95. The van der Waals surface area contributed by atoms with E-state index in [0.717, 1.165) is 34.7 Å². The minimum Gasteiger partial charge on any atom is -0.506 e. The van der Waals surface area contributed by atoms with Gasteiger partial charge in [-0.05, 0) is 46.9 Å². The third-order valence-electron chi connectivity index (χ3n) is 5.47. The maximum atomic E-state index is 13.0. The zero-order chi connectivity index (χ0) is 25.8. The Labute approximate surface area is 199 Å². The van der Waals surface area contributed by atoms with Gasteiger partial charge in [0, 0.05) is 5.56 Å². The van der Waals surface area contributed by atoms with E-state index in [4.69, 9.17) is 9.47 Å². The highest BCUT2D eigenvalue weighted by molar-refractivity contribution is 5.93. The van der Waals surface area contributed by atoms with Crippen molar-refractivity contribution in [1.29, 1.82) is 0 Å². The van der Waals surface area contributed by atoms with Crippen LogP contribution in [0, 0.1) is 0 Å². The number of ether oxygens (including phenoxy) is 2. The fourth-order valence-electron chi connectivity index (χ4n) is 3.68. The largest absolute Gasteiger partial charge is 0.506 e. The van der Waals surface area contributed by atoms with E-state index in [1.54, 1.807) is 24.3 Å². The van der Waals surface area contributed by atoms with E-state index >= 15 is 0 Å². The molecule has 3 aromatic rings. The van der Waals surface area contributed by atoms with Crippen molar-refractivity contribution in [3.8, 4) is 22.6 Å². The van der Waals surface area contributed by atoms with Gasteiger partial charge in [-0.3, -0.25) is 4.79 Å². The van der Waals surface area contributed by atoms with Crippen molar-refractivity contribution in [2.24, 2.45) is 0 Å². The molecular formula is C26H23F3O6. The van der Waals surface area contributed by atoms with Crippen molar-refractivity contribution in [1.82, 2.24) is 0 Å². The molecule has 0 saturated carbocycles. The van der Waals surface area contributed by atoms with Crippen molar-refractivity contribution in [2.75, 3.05) is 7.11 Å². The number of carboxylic acids is 1. The number of phenols is 1. The maximum absolute atomic E-state index is 13.0. The molecule has 0 aliphatic heterocycles. The van der Waals surface area contributed by atoms with Crippen molar-refractivity contribution in [2.45, 2.75) is 32.5 Å². The average molecular weight is 488 g/mol. The van der Waals surface area contributed by atoms with E-state index in [2.05, 4.69) is 0 Å². The molecule has 0 aliphatic carbocycles. The number of aromatic hydroxyl groups is 1. The highest BCUT2D eigenvalue weighted by Gasteiger charge is 2.36. The van der Waals surface area contributed by atoms with E-state index in [9.17, 15) is 33.0 Å². The van der Waals surface area contributed by atoms with Crippen LogP contribution in [0.1, 0.15) is 39.5 Å². The van der Waals surface area contributed by atoms with Gasteiger partial charge in [-0.1, -0.05) is 43.3 Å². The third kappa shape index (κ3) is 5.92. The molecule has 6 nitrogen and oxygen atoms in total. The highest BCUT2D eigenvalue weighted by Crippen LogP contribution is 2.39. The van der Waals surface area contributed by atoms with Gasteiger partial charge in [0.2, 0.25) is 0 Å². The third-order valence-corrected chi connectivity index (χ3v) is 5.47. The number of hydrogen-bond acceptors (Lipinski definition) is 5. The number of halogens is 3. The van der Waals surface area contributed by atoms with Crippen LogP contribution in [-0.2, 0) is 35.2 Å². The van der Waals surface area contributed by atoms with Gasteiger partial charge >= 0.3 is 18.1 Å². The molecule has 9 heteroatoms. The van der Waals surface area contributed by atoms with E-state index in [1.165, 1.54) is 7.11 Å². The lowest BCUT2D eigenvalue weighted by Gasteiger charge is -2.15. The Morgan fingerprint density at radius 2 is 1.66 bits per heavy atom. The first kappa shape index (κ1) is 25.6. The predicted octanol–water partition coefficient (Wildman–Crippen LogP) is 5.63. The number of carbonyl (C=O) groups is 2. The Kier molecular flexibility index (Phi) is 7.68. The average Bonchev–Trinajstić information content (AvgIpc) is 2.81. The molecule has 0 aliphatic rings. The van der Waals surface area contributed by atoms with Gasteiger partial charge in [0.1, 0.15) is 23.7 Å². The number of carbonyl (C=O) groups excluding carboxylic acids is 1. The van der Waals surface area contributed by atoms with Gasteiger partial charge < -0.3 is 19.7 Å². The van der Waals surface area contributed by atoms with Crippen LogP contribution in [0.25, 0.3) is 11.1 Å². The van der Waals surface area contributed by atoms with Gasteiger partial charge in [0.15, 0.2) is 0 Å². The van der Waals surface area contributed by atoms with Crippen LogP contribution in [0.15, 0.2) is 54.6 Å². The summed E-state index contributed by atoms with van der Waals surface area (Å²) < 4.78 is 49.3. The highest BCUT2D eigenvalue weighted by atomic mass is 19.4. The first-order chi connectivity index (χ1) is 16.5. The summed E-state index contributed by atoms with van der Waals surface area (Å²) in [6.07, 6.45) is -3.98. The van der Waals surface area contributed by atoms with Crippen molar-refractivity contribution in [3.63, 3.8) is 0 Å². The minimum atomic E-state index is -4.89. The molecule has 3 aromatic carbocycles. The summed E-state index contributed by atoms with van der Waals surface area (Å²) in [6, 6.07) is 14.2. The molecule has 2 N–H and O–H groups in total. The molecule has 0 heterocycles. The van der Waals surface area contributed by atoms with Gasteiger partial charge in [0.05, 0.1) is 19.1 Å². The molecule has 0 spiro atoms. The van der Waals surface area contributed by atoms with Crippen LogP contribution in [0.3, 0.4) is 0 Å². The minimum absolute atomic E-state index is 0.0958. The fourth-order valence-corrected chi connectivity index (χ4v) is 3.68. The van der Waals surface area contributed by atoms with Crippen molar-refractivity contribution < 1.29 is 42.4 Å². The summed E-state index contributed by atoms with van der Waals surface area (Å²) in [5.74, 6) is -2.99. The summed E-state index contributed by atoms with van der Waals surface area (Å²) in [7, 11) is 1.34. The molecule has 0 bridgehead atoms. The quantitative estimate of drug-likeness (QED) is 0.399. The number of hydrogen-bond donors (Lipinski definition) is 2. The number of aryl methyl sites for hydroxylation is 1. The lowest BCUT2D eigenvalue weighted by Crippen LogP contribution is -2.12. The van der Waals surface area contributed by atoms with Gasteiger partial charge in [0.25, 0.3) is 0 Å². The summed E-state index contributed by atoms with van der Waals surface area (Å²) in [6.45, 7) is 1.65. The smallest absolute Gasteiger partial charge is 0.419 e. The molecule has 184 valence electrons. The topological polar surface area (TPSA) is 93.1 Å². The second-order valence-corrected chi connectivity index (χ2v) is 7.71. The zero-order valence-electron chi connectivity index (χ0n) is 19.0. The molecular weight excluding hydrogens is 465 g/mol. The lowest BCUT2D eigenvalue weighted by molar-refractivity contribution is -0.140. The van der Waals surface area contributed by atoms with Gasteiger partial charge in [-0.15, -0.1) is 0 Å². The molecule has 0 radical (unpaired) electrons. The normalized spacial score (nSPS) is 11.2. The summed E-state index contributed by atoms with van der Waals surface area (Å²) in [5, 5.41) is 19.2. The van der Waals surface area contributed by atoms with Crippen LogP contribution in [0.5, 0.6) is 11.5 Å². The Morgan fingerprint density at radius 1 is 0.971 bits per heavy atom. The monoisotopic (exact) mass is 488 g/mol. The maximum Gasteiger partial charge on any atom is 0.419 e. The van der Waals surface area contributed by atoms with Crippen LogP contribution in [0.4, 0.5) is 13.2 Å². The zero-order valence-corrected chi connectivity index (χ0v) is 19.0. The molecule has 35 heavy (non-hydrogen) atoms. The Bertz CT molecular complexity index is 1230. The van der Waals surface area contributed by atoms with Crippen LogP contribution in [-0.4, -0.2) is 29.3 Å². The van der Waals surface area contributed by atoms with Gasteiger partial charge in [-0.2, -0.15) is 13.2 Å². The predicted molar refractivity (Wildman–Crippen MR) is 121 cm³/mol. The van der Waals surface area contributed by atoms with Crippen molar-refractivity contribution >= 4 is 11.9 Å². The molecule has 3 rings (SSSR count). The first-order valence-electron chi connectivity index (χ1n) is 10.6. The molecule has 0 unspecified atom stereocenters. The number of esters is 1. The number of benzene rings is 3. The Balaban J connectivity index is 1.79. The number of alkyl halides is 3. The Hall–Kier alpha value is -4.01. The van der Waals surface area contributed by atoms with E-state index in [0.29, 0.717) is 11.8 Å². The standard InChI is InChI=1S/C26H23F3O6/c1-3-16-12-15(13-22(30)34-2)4-10-20(16)17-5-8-19(9-6-17)35-14-18-7-11-21(26(27,28)29)24(31)23(18)25(32)33/h4-12,31H,3,13-14H2,1-2H3,(H,32,33). The SMILES string of the molecule is CCc1cc(CC(=O)OC)ccc1-c1ccc(OCc2ccc(C(F)(F)F)c(O)c2C(=O)O)cc1. The summed E-state index contributed by atoms with van der Waals surface area (Å²) in [5.41, 5.74) is 1.36. The fraction of sp³-hybridized carbons (Fsp3) is 0.231. The number of methoxy groups -OCH3 is 1. The first-order valence-corrected chi connectivity index (χ1v) is 10.6. The number of carboxylic acid groups (broad SMARTS) is 1. The number of rotatable bonds is 8. The van der Waals surface area contributed by atoms with E-state index in [-0.39, 0.29) is 24.6 Å².